The molecular formula is C24H33ClO6. The van der Waals surface area contributed by atoms with Crippen LogP contribution in [0.15, 0.2) is 11.6 Å². The molecule has 9 atom stereocenters. The first-order valence-corrected chi connectivity index (χ1v) is 12.2. The fourth-order valence-corrected chi connectivity index (χ4v) is 8.06. The van der Waals surface area contributed by atoms with Gasteiger partial charge < -0.3 is 19.7 Å². The molecule has 4 fully saturated rings. The number of hydrogen-bond acceptors (Lipinski definition) is 6. The van der Waals surface area contributed by atoms with E-state index in [0.29, 0.717) is 32.5 Å². The molecule has 1 saturated heterocycles. The van der Waals surface area contributed by atoms with Crippen LogP contribution in [0.3, 0.4) is 0 Å². The molecule has 0 aromatic rings. The smallest absolute Gasteiger partial charge is 0.182 e. The van der Waals surface area contributed by atoms with Crippen LogP contribution < -0.4 is 0 Å². The van der Waals surface area contributed by atoms with Gasteiger partial charge in [0, 0.05) is 11.8 Å². The minimum Gasteiger partial charge on any atom is -0.393 e. The Morgan fingerprint density at radius 1 is 1.35 bits per heavy atom. The van der Waals surface area contributed by atoms with Crippen molar-refractivity contribution in [2.24, 2.45) is 28.6 Å². The summed E-state index contributed by atoms with van der Waals surface area (Å²) in [4.78, 5) is 25.1. The second-order valence-corrected chi connectivity index (χ2v) is 11.2. The molecule has 0 radical (unpaired) electrons. The normalized spacial score (nSPS) is 50.9. The molecule has 1 heterocycles. The Bertz CT molecular complexity index is 823. The monoisotopic (exact) mass is 452 g/mol. The number of aliphatic hydroxyl groups excluding tert-OH is 1. The topological polar surface area (TPSA) is 96.4 Å². The van der Waals surface area contributed by atoms with Crippen molar-refractivity contribution in [3.05, 3.63) is 11.6 Å². The highest BCUT2D eigenvalue weighted by Crippen LogP contribution is 2.68. The summed E-state index contributed by atoms with van der Waals surface area (Å²) in [5.74, 6) is -0.310. The van der Waals surface area contributed by atoms with E-state index in [9.17, 15) is 19.8 Å². The van der Waals surface area contributed by atoms with Gasteiger partial charge in [-0.1, -0.05) is 19.4 Å². The van der Waals surface area contributed by atoms with Crippen molar-refractivity contribution >= 4 is 23.2 Å². The molecule has 172 valence electrons. The molecular weight excluding hydrogens is 420 g/mol. The Labute approximate surface area is 188 Å². The van der Waals surface area contributed by atoms with E-state index >= 15 is 0 Å². The Kier molecular flexibility index (Phi) is 5.23. The van der Waals surface area contributed by atoms with Crippen molar-refractivity contribution < 1.29 is 29.3 Å². The van der Waals surface area contributed by atoms with Crippen LogP contribution in [-0.4, -0.2) is 64.8 Å². The van der Waals surface area contributed by atoms with Gasteiger partial charge in [0.25, 0.3) is 0 Å². The molecule has 31 heavy (non-hydrogen) atoms. The first kappa shape index (κ1) is 22.0. The van der Waals surface area contributed by atoms with Gasteiger partial charge in [0.05, 0.1) is 31.3 Å². The number of rotatable bonds is 5. The molecule has 0 aromatic heterocycles. The Balaban J connectivity index is 1.52. The minimum absolute atomic E-state index is 0.0135. The van der Waals surface area contributed by atoms with E-state index in [4.69, 9.17) is 21.1 Å². The number of carbonyl (C=O) groups excluding carboxylic acids is 2. The summed E-state index contributed by atoms with van der Waals surface area (Å²) in [5, 5.41) is 23.3. The number of allylic oxidation sites excluding steroid dienone is 1. The summed E-state index contributed by atoms with van der Waals surface area (Å²) >= 11 is 5.96. The number of aliphatic hydroxyl groups is 2. The quantitative estimate of drug-likeness (QED) is 0.491. The van der Waals surface area contributed by atoms with E-state index in [0.717, 1.165) is 24.8 Å². The van der Waals surface area contributed by atoms with Gasteiger partial charge in [0.2, 0.25) is 0 Å². The average molecular weight is 453 g/mol. The lowest BCUT2D eigenvalue weighted by atomic mass is 9.45. The van der Waals surface area contributed by atoms with Gasteiger partial charge in [0.15, 0.2) is 17.2 Å². The van der Waals surface area contributed by atoms with Gasteiger partial charge >= 0.3 is 0 Å². The number of Topliss-reactive ketones (excluding diaryl/α,β-unsaturated/α-hetero) is 1. The highest BCUT2D eigenvalue weighted by atomic mass is 35.5. The third kappa shape index (κ3) is 3.05. The maximum Gasteiger partial charge on any atom is 0.182 e. The van der Waals surface area contributed by atoms with Gasteiger partial charge in [-0.2, -0.15) is 0 Å². The Morgan fingerprint density at radius 2 is 2.10 bits per heavy atom. The molecule has 0 spiro atoms. The summed E-state index contributed by atoms with van der Waals surface area (Å²) in [5.41, 5.74) is -1.58. The van der Waals surface area contributed by atoms with Crippen LogP contribution in [0.1, 0.15) is 52.4 Å². The average Bonchev–Trinajstić information content (AvgIpc) is 3.52. The first-order valence-electron chi connectivity index (χ1n) is 11.6. The van der Waals surface area contributed by atoms with E-state index in [-0.39, 0.29) is 40.9 Å². The molecule has 6 nitrogen and oxygen atoms in total. The second-order valence-electron chi connectivity index (χ2n) is 10.9. The summed E-state index contributed by atoms with van der Waals surface area (Å²) in [7, 11) is 0. The predicted molar refractivity (Wildman–Crippen MR) is 114 cm³/mol. The lowest BCUT2D eigenvalue weighted by Gasteiger charge is -2.60. The lowest BCUT2D eigenvalue weighted by molar-refractivity contribution is -0.194. The molecule has 3 saturated carbocycles. The summed E-state index contributed by atoms with van der Waals surface area (Å²) in [6.45, 7) is 5.13. The van der Waals surface area contributed by atoms with Gasteiger partial charge in [-0.05, 0) is 61.3 Å². The summed E-state index contributed by atoms with van der Waals surface area (Å²) in [6, 6.07) is 0. The molecule has 1 aliphatic heterocycles. The fraction of sp³-hybridized carbons (Fsp3) is 0.833. The van der Waals surface area contributed by atoms with Crippen molar-refractivity contribution in [1.82, 2.24) is 0 Å². The lowest BCUT2D eigenvalue weighted by Crippen LogP contribution is -2.64. The third-order valence-corrected chi connectivity index (χ3v) is 9.77. The van der Waals surface area contributed by atoms with Crippen molar-refractivity contribution in [3.8, 4) is 0 Å². The van der Waals surface area contributed by atoms with Crippen molar-refractivity contribution in [2.45, 2.75) is 76.3 Å². The van der Waals surface area contributed by atoms with Crippen molar-refractivity contribution in [1.29, 1.82) is 0 Å². The number of alkyl halides is 1. The number of epoxide rings is 1. The molecule has 2 N–H and O–H groups in total. The summed E-state index contributed by atoms with van der Waals surface area (Å²) in [6.07, 6.45) is 4.37. The van der Waals surface area contributed by atoms with E-state index in [1.807, 2.05) is 13.0 Å². The van der Waals surface area contributed by atoms with Gasteiger partial charge in [0.1, 0.15) is 6.10 Å². The molecule has 5 rings (SSSR count). The van der Waals surface area contributed by atoms with Crippen LogP contribution in [0.2, 0.25) is 0 Å². The summed E-state index contributed by atoms with van der Waals surface area (Å²) < 4.78 is 11.4. The van der Waals surface area contributed by atoms with Crippen LogP contribution in [0, 0.1) is 28.6 Å². The highest BCUT2D eigenvalue weighted by Gasteiger charge is 2.72. The minimum atomic E-state index is -1.72. The maximum atomic E-state index is 13.0. The molecule has 0 amide bonds. The highest BCUT2D eigenvalue weighted by molar-refractivity contribution is 6.29. The molecule has 4 aliphatic carbocycles. The molecule has 0 bridgehead atoms. The van der Waals surface area contributed by atoms with Crippen LogP contribution in [0.5, 0.6) is 0 Å². The van der Waals surface area contributed by atoms with Crippen LogP contribution in [0.25, 0.3) is 0 Å². The molecule has 1 unspecified atom stereocenters. The van der Waals surface area contributed by atoms with Crippen LogP contribution in [0.4, 0.5) is 0 Å². The number of hydrogen-bond donors (Lipinski definition) is 2. The van der Waals surface area contributed by atoms with Crippen molar-refractivity contribution in [2.75, 3.05) is 19.1 Å². The first-order chi connectivity index (χ1) is 14.6. The largest absolute Gasteiger partial charge is 0.393 e. The zero-order valence-corrected chi connectivity index (χ0v) is 19.1. The molecule has 5 aliphatic rings. The van der Waals surface area contributed by atoms with Crippen molar-refractivity contribution in [3.63, 3.8) is 0 Å². The van der Waals surface area contributed by atoms with E-state index in [1.54, 1.807) is 0 Å². The fourth-order valence-electron chi connectivity index (χ4n) is 7.85. The number of ketones is 2. The Morgan fingerprint density at radius 3 is 2.77 bits per heavy atom. The van der Waals surface area contributed by atoms with E-state index in [2.05, 4.69) is 6.92 Å². The Hall–Kier alpha value is -0.790. The predicted octanol–water partition coefficient (Wildman–Crippen LogP) is 2.42. The third-order valence-electron chi connectivity index (χ3n) is 9.52. The van der Waals surface area contributed by atoms with E-state index in [1.165, 1.54) is 0 Å². The number of halogens is 1. The number of carbonyl (C=O) groups is 2. The standard InChI is InChI=1S/C24H33ClO6/c1-22-6-5-14(26)7-13(22)3-4-16-17-8-20(31-12-15-11-30-15)24(29,19(28)10-25)23(17,2)9-18(27)21(16)22/h7,15-18,20-21,27,29H,3-6,8-12H2,1-2H3/t15?,16-,17-,18-,20+,21+,22-,23-,24+/m0/s1. The zero-order chi connectivity index (χ0) is 22.2. The number of fused-ring (bicyclic) bond motifs is 5. The van der Waals surface area contributed by atoms with Gasteiger partial charge in [-0.15, -0.1) is 11.6 Å². The zero-order valence-electron chi connectivity index (χ0n) is 18.3. The van der Waals surface area contributed by atoms with E-state index < -0.39 is 29.0 Å². The maximum absolute atomic E-state index is 13.0. The second kappa shape index (κ2) is 7.36. The van der Waals surface area contributed by atoms with Gasteiger partial charge in [-0.25, -0.2) is 0 Å². The van der Waals surface area contributed by atoms with Gasteiger partial charge in [-0.3, -0.25) is 9.59 Å². The molecule has 0 aromatic carbocycles. The SMILES string of the molecule is C[C@]12CCC(=O)C=C1CC[C@@H]1[C@@H]2[C@@H](O)C[C@@]2(C)[C@H]1C[C@@H](OCC1CO1)[C@]2(O)C(=O)CCl. The molecule has 7 heteroatoms. The van der Waals surface area contributed by atoms with Crippen LogP contribution in [-0.2, 0) is 19.1 Å². The number of ether oxygens (including phenoxy) is 2. The van der Waals surface area contributed by atoms with Crippen LogP contribution >= 0.6 is 11.6 Å².